The molecule has 2 fully saturated rings. The van der Waals surface area contributed by atoms with Crippen molar-refractivity contribution in [3.05, 3.63) is 77.6 Å². The molecule has 2 atom stereocenters. The Balaban J connectivity index is 1.30. The molecule has 2 aliphatic heterocycles. The van der Waals surface area contributed by atoms with Gasteiger partial charge in [-0.1, -0.05) is 36.4 Å². The number of aromatic amines is 1. The molecule has 34 heavy (non-hydrogen) atoms. The number of hydrogen-bond acceptors (Lipinski definition) is 5. The molecule has 0 bridgehead atoms. The van der Waals surface area contributed by atoms with Crippen LogP contribution >= 0.6 is 0 Å². The van der Waals surface area contributed by atoms with Crippen LogP contribution < -0.4 is 4.90 Å². The summed E-state index contributed by atoms with van der Waals surface area (Å²) in [6, 6.07) is 14.3. The standard InChI is InChI=1S/C25H30FN5O2S/c1-18-7-10-24(19-5-3-2-4-6-19)34(32,33)31(18)16-21-8-9-22(15-23(21)26)30-13-11-20(12-14-30)25-27-17-28-29-25/h2-6,8-9,15,17-18,20,24H,7,10-14,16H2,1H3,(H,27,28,29). The number of hydrogen-bond donors (Lipinski definition) is 1. The zero-order valence-electron chi connectivity index (χ0n) is 19.3. The second-order valence-electron chi connectivity index (χ2n) is 9.32. The highest BCUT2D eigenvalue weighted by molar-refractivity contribution is 7.89. The largest absolute Gasteiger partial charge is 0.371 e. The number of H-pyrrole nitrogens is 1. The first-order chi connectivity index (χ1) is 16.4. The first-order valence-electron chi connectivity index (χ1n) is 11.9. The van der Waals surface area contributed by atoms with Crippen molar-refractivity contribution in [3.8, 4) is 0 Å². The van der Waals surface area contributed by atoms with E-state index in [1.165, 1.54) is 10.6 Å². The van der Waals surface area contributed by atoms with Gasteiger partial charge in [0.1, 0.15) is 23.2 Å². The topological polar surface area (TPSA) is 82.2 Å². The number of benzene rings is 2. The third-order valence-corrected chi connectivity index (χ3v) is 9.61. The molecule has 0 radical (unpaired) electrons. The molecular formula is C25H30FN5O2S. The Labute approximate surface area is 200 Å². The summed E-state index contributed by atoms with van der Waals surface area (Å²) in [6.45, 7) is 3.57. The first kappa shape index (κ1) is 23.0. The lowest BCUT2D eigenvalue weighted by atomic mass is 9.95. The molecule has 7 nitrogen and oxygen atoms in total. The molecule has 2 aliphatic rings. The van der Waals surface area contributed by atoms with E-state index in [0.29, 0.717) is 17.9 Å². The van der Waals surface area contributed by atoms with Crippen LogP contribution in [0.25, 0.3) is 0 Å². The van der Waals surface area contributed by atoms with Crippen LogP contribution in [0.1, 0.15) is 60.7 Å². The maximum atomic E-state index is 15.2. The Morgan fingerprint density at radius 3 is 2.50 bits per heavy atom. The van der Waals surface area contributed by atoms with E-state index in [2.05, 4.69) is 20.1 Å². The van der Waals surface area contributed by atoms with Gasteiger partial charge in [-0.25, -0.2) is 17.8 Å². The van der Waals surface area contributed by atoms with Crippen LogP contribution in [0, 0.1) is 5.82 Å². The quantitative estimate of drug-likeness (QED) is 0.582. The van der Waals surface area contributed by atoms with Gasteiger partial charge in [0.2, 0.25) is 10.0 Å². The van der Waals surface area contributed by atoms with Gasteiger partial charge in [-0.15, -0.1) is 0 Å². The summed E-state index contributed by atoms with van der Waals surface area (Å²) in [5, 5.41) is 6.30. The van der Waals surface area contributed by atoms with E-state index in [1.807, 2.05) is 43.3 Å². The number of anilines is 1. The van der Waals surface area contributed by atoms with E-state index in [-0.39, 0.29) is 18.4 Å². The molecular weight excluding hydrogens is 453 g/mol. The minimum absolute atomic E-state index is 0.0481. The highest BCUT2D eigenvalue weighted by Gasteiger charge is 2.40. The van der Waals surface area contributed by atoms with E-state index in [0.717, 1.165) is 49.4 Å². The van der Waals surface area contributed by atoms with Crippen LogP contribution in [0.15, 0.2) is 54.9 Å². The van der Waals surface area contributed by atoms with Crippen LogP contribution in [0.2, 0.25) is 0 Å². The Hall–Kier alpha value is -2.78. The summed E-state index contributed by atoms with van der Waals surface area (Å²) in [5.41, 5.74) is 2.03. The van der Waals surface area contributed by atoms with Gasteiger partial charge in [-0.2, -0.15) is 9.40 Å². The van der Waals surface area contributed by atoms with Gasteiger partial charge < -0.3 is 4.90 Å². The molecule has 2 unspecified atom stereocenters. The predicted octanol–water partition coefficient (Wildman–Crippen LogP) is 4.38. The number of sulfonamides is 1. The molecule has 2 aromatic carbocycles. The van der Waals surface area contributed by atoms with Crippen molar-refractivity contribution in [2.24, 2.45) is 0 Å². The van der Waals surface area contributed by atoms with E-state index >= 15 is 4.39 Å². The summed E-state index contributed by atoms with van der Waals surface area (Å²) in [4.78, 5) is 6.43. The Bertz CT molecular complexity index is 1210. The fraction of sp³-hybridized carbons (Fsp3) is 0.440. The summed E-state index contributed by atoms with van der Waals surface area (Å²) in [7, 11) is -3.60. The smallest absolute Gasteiger partial charge is 0.221 e. The van der Waals surface area contributed by atoms with Crippen molar-refractivity contribution >= 4 is 15.7 Å². The zero-order chi connectivity index (χ0) is 23.7. The molecule has 1 aromatic heterocycles. The fourth-order valence-electron chi connectivity index (χ4n) is 5.20. The number of aromatic nitrogens is 3. The Morgan fingerprint density at radius 2 is 1.82 bits per heavy atom. The van der Waals surface area contributed by atoms with Gasteiger partial charge in [-0.05, 0) is 50.3 Å². The molecule has 3 aromatic rings. The van der Waals surface area contributed by atoms with Crippen molar-refractivity contribution < 1.29 is 12.8 Å². The number of rotatable bonds is 5. The Morgan fingerprint density at radius 1 is 1.06 bits per heavy atom. The second-order valence-corrected chi connectivity index (χ2v) is 11.4. The molecule has 5 rings (SSSR count). The van der Waals surface area contributed by atoms with Crippen molar-refractivity contribution in [2.45, 2.75) is 56.4 Å². The van der Waals surface area contributed by atoms with Crippen molar-refractivity contribution in [1.82, 2.24) is 19.5 Å². The minimum atomic E-state index is -3.60. The van der Waals surface area contributed by atoms with Gasteiger partial charge in [0.05, 0.1) is 0 Å². The van der Waals surface area contributed by atoms with Gasteiger partial charge in [0.15, 0.2) is 0 Å². The average molecular weight is 484 g/mol. The third-order valence-electron chi connectivity index (χ3n) is 7.24. The highest BCUT2D eigenvalue weighted by atomic mass is 32.2. The normalized spacial score (nSPS) is 23.8. The lowest BCUT2D eigenvalue weighted by Gasteiger charge is -2.37. The molecule has 180 valence electrons. The lowest BCUT2D eigenvalue weighted by molar-refractivity contribution is 0.279. The molecule has 2 saturated heterocycles. The summed E-state index contributed by atoms with van der Waals surface area (Å²) in [5.74, 6) is 0.886. The van der Waals surface area contributed by atoms with Crippen LogP contribution in [0.5, 0.6) is 0 Å². The number of halogens is 1. The van der Waals surface area contributed by atoms with Crippen molar-refractivity contribution in [2.75, 3.05) is 18.0 Å². The molecule has 3 heterocycles. The fourth-order valence-corrected chi connectivity index (χ4v) is 7.39. The maximum Gasteiger partial charge on any atom is 0.221 e. The maximum absolute atomic E-state index is 15.2. The summed E-state index contributed by atoms with van der Waals surface area (Å²) in [6.07, 6.45) is 4.70. The second kappa shape index (κ2) is 9.46. The first-order valence-corrected chi connectivity index (χ1v) is 13.4. The molecule has 0 saturated carbocycles. The van der Waals surface area contributed by atoms with Crippen LogP contribution in [-0.2, 0) is 16.6 Å². The number of nitrogens with zero attached hydrogens (tertiary/aromatic N) is 4. The zero-order valence-corrected chi connectivity index (χ0v) is 20.1. The van der Waals surface area contributed by atoms with Crippen LogP contribution in [-0.4, -0.2) is 47.0 Å². The molecule has 0 amide bonds. The summed E-state index contributed by atoms with van der Waals surface area (Å²) >= 11 is 0. The predicted molar refractivity (Wildman–Crippen MR) is 129 cm³/mol. The molecule has 9 heteroatoms. The SMILES string of the molecule is CC1CCC(c2ccccc2)S(=O)(=O)N1Cc1ccc(N2CCC(c3ncn[nH]3)CC2)cc1F. The van der Waals surface area contributed by atoms with Gasteiger partial charge >= 0.3 is 0 Å². The van der Waals surface area contributed by atoms with Crippen molar-refractivity contribution in [3.63, 3.8) is 0 Å². The molecule has 0 aliphatic carbocycles. The minimum Gasteiger partial charge on any atom is -0.371 e. The number of piperidine rings is 1. The molecule has 0 spiro atoms. The number of nitrogens with one attached hydrogen (secondary N) is 1. The van der Waals surface area contributed by atoms with E-state index in [9.17, 15) is 8.42 Å². The third kappa shape index (κ3) is 4.46. The average Bonchev–Trinajstić information content (AvgIpc) is 3.38. The Kier molecular flexibility index (Phi) is 6.40. The van der Waals surface area contributed by atoms with Crippen LogP contribution in [0.3, 0.4) is 0 Å². The molecule has 1 N–H and O–H groups in total. The van der Waals surface area contributed by atoms with Gasteiger partial charge in [0.25, 0.3) is 0 Å². The van der Waals surface area contributed by atoms with Gasteiger partial charge in [-0.3, -0.25) is 5.10 Å². The lowest BCUT2D eigenvalue weighted by Crippen LogP contribution is -2.44. The summed E-state index contributed by atoms with van der Waals surface area (Å²) < 4.78 is 43.6. The van der Waals surface area contributed by atoms with E-state index in [4.69, 9.17) is 0 Å². The highest BCUT2D eigenvalue weighted by Crippen LogP contribution is 2.38. The van der Waals surface area contributed by atoms with Gasteiger partial charge in [0, 0.05) is 42.8 Å². The van der Waals surface area contributed by atoms with E-state index in [1.54, 1.807) is 12.1 Å². The van der Waals surface area contributed by atoms with Crippen molar-refractivity contribution in [1.29, 1.82) is 0 Å². The monoisotopic (exact) mass is 483 g/mol. The van der Waals surface area contributed by atoms with E-state index < -0.39 is 15.3 Å². The van der Waals surface area contributed by atoms with Crippen LogP contribution in [0.4, 0.5) is 10.1 Å².